The van der Waals surface area contributed by atoms with E-state index < -0.39 is 21.6 Å². The number of hydrogen-bond donors (Lipinski definition) is 0. The van der Waals surface area contributed by atoms with Gasteiger partial charge in [0.25, 0.3) is 0 Å². The molecule has 1 aromatic heterocycles. The van der Waals surface area contributed by atoms with E-state index in [9.17, 15) is 17.6 Å². The van der Waals surface area contributed by atoms with Crippen molar-refractivity contribution in [2.75, 3.05) is 5.75 Å². The van der Waals surface area contributed by atoms with E-state index in [4.69, 9.17) is 9.47 Å². The second-order valence-corrected chi connectivity index (χ2v) is 10.3. The van der Waals surface area contributed by atoms with E-state index >= 15 is 0 Å². The van der Waals surface area contributed by atoms with Crippen molar-refractivity contribution in [3.05, 3.63) is 59.0 Å². The molecule has 0 unspecified atom stereocenters. The number of sulfone groups is 1. The van der Waals surface area contributed by atoms with E-state index in [1.165, 1.54) is 25.3 Å². The number of carbonyl (C=O) groups is 1. The zero-order valence-corrected chi connectivity index (χ0v) is 19.0. The average molecular weight is 458 g/mol. The molecule has 6 nitrogen and oxygen atoms in total. The number of nitrogens with zero attached hydrogens (tertiary/aromatic N) is 1. The fourth-order valence-corrected chi connectivity index (χ4v) is 4.46. The van der Waals surface area contributed by atoms with Crippen LogP contribution in [0.3, 0.4) is 0 Å². The number of halogens is 1. The van der Waals surface area contributed by atoms with Gasteiger partial charge in [0.1, 0.15) is 18.2 Å². The van der Waals surface area contributed by atoms with Gasteiger partial charge in [-0.15, -0.1) is 0 Å². The molecule has 3 aromatic rings. The number of rotatable bonds is 7. The minimum Gasteiger partial charge on any atom is -0.461 e. The molecule has 32 heavy (non-hydrogen) atoms. The fraction of sp³-hybridized carbons (Fsp3) is 0.333. The zero-order chi connectivity index (χ0) is 23.0. The molecule has 0 amide bonds. The van der Waals surface area contributed by atoms with Crippen LogP contribution in [0.25, 0.3) is 10.8 Å². The second kappa shape index (κ2) is 8.50. The molecule has 1 fully saturated rings. The third-order valence-electron chi connectivity index (χ3n) is 5.65. The summed E-state index contributed by atoms with van der Waals surface area (Å²) < 4.78 is 50.2. The summed E-state index contributed by atoms with van der Waals surface area (Å²) >= 11 is 0. The summed E-state index contributed by atoms with van der Waals surface area (Å²) in [5.74, 6) is 0.0634. The van der Waals surface area contributed by atoms with Gasteiger partial charge in [-0.1, -0.05) is 13.0 Å². The molecule has 0 aliphatic heterocycles. The van der Waals surface area contributed by atoms with E-state index in [0.717, 1.165) is 29.4 Å². The number of carbonyl (C=O) groups excluding carboxylic acids is 1. The Hall–Kier alpha value is -3.00. The molecule has 1 saturated carbocycles. The standard InChI is InChI=1S/C24H24FNO5S/c1-4-32(28,29)20-11-22(16-5-6-16)24(26-12-20)31-23-14(2)18(13-30-15(3)27)9-17-7-8-19(25)10-21(17)23/h7-12,16H,4-6,13H2,1-3H3. The predicted octanol–water partition coefficient (Wildman–Crippen LogP) is 5.21. The average Bonchev–Trinajstić information content (AvgIpc) is 3.60. The molecular weight excluding hydrogens is 433 g/mol. The molecule has 0 spiro atoms. The van der Waals surface area contributed by atoms with Gasteiger partial charge in [-0.25, -0.2) is 17.8 Å². The van der Waals surface area contributed by atoms with Crippen LogP contribution in [0.5, 0.6) is 11.6 Å². The molecule has 0 saturated heterocycles. The Morgan fingerprint density at radius 3 is 2.62 bits per heavy atom. The molecule has 1 heterocycles. The number of esters is 1. The molecule has 0 radical (unpaired) electrons. The number of benzene rings is 2. The van der Waals surface area contributed by atoms with Gasteiger partial charge in [0.15, 0.2) is 9.84 Å². The van der Waals surface area contributed by atoms with Crippen molar-refractivity contribution in [1.29, 1.82) is 0 Å². The summed E-state index contributed by atoms with van der Waals surface area (Å²) in [6.07, 6.45) is 3.16. The largest absolute Gasteiger partial charge is 0.461 e. The van der Waals surface area contributed by atoms with Crippen molar-refractivity contribution in [3.8, 4) is 11.6 Å². The van der Waals surface area contributed by atoms with E-state index in [1.807, 2.05) is 13.0 Å². The van der Waals surface area contributed by atoms with Crippen molar-refractivity contribution in [3.63, 3.8) is 0 Å². The lowest BCUT2D eigenvalue weighted by molar-refractivity contribution is -0.142. The van der Waals surface area contributed by atoms with Crippen molar-refractivity contribution in [2.24, 2.45) is 0 Å². The number of ether oxygens (including phenoxy) is 2. The van der Waals surface area contributed by atoms with Gasteiger partial charge in [0.05, 0.1) is 10.6 Å². The summed E-state index contributed by atoms with van der Waals surface area (Å²) in [6, 6.07) is 7.86. The fourth-order valence-electron chi connectivity index (χ4n) is 3.61. The van der Waals surface area contributed by atoms with Gasteiger partial charge in [0, 0.05) is 24.1 Å². The molecule has 0 N–H and O–H groups in total. The Morgan fingerprint density at radius 1 is 1.22 bits per heavy atom. The third kappa shape index (κ3) is 4.46. The van der Waals surface area contributed by atoms with Gasteiger partial charge in [-0.05, 0) is 66.5 Å². The van der Waals surface area contributed by atoms with Crippen LogP contribution in [-0.4, -0.2) is 25.1 Å². The van der Waals surface area contributed by atoms with Gasteiger partial charge in [0.2, 0.25) is 5.88 Å². The molecule has 4 rings (SSSR count). The third-order valence-corrected chi connectivity index (χ3v) is 7.35. The van der Waals surface area contributed by atoms with E-state index in [0.29, 0.717) is 22.6 Å². The first kappa shape index (κ1) is 22.2. The summed E-state index contributed by atoms with van der Waals surface area (Å²) in [4.78, 5) is 15.8. The van der Waals surface area contributed by atoms with Crippen LogP contribution in [0, 0.1) is 12.7 Å². The highest BCUT2D eigenvalue weighted by atomic mass is 32.2. The van der Waals surface area contributed by atoms with Crippen molar-refractivity contribution in [2.45, 2.75) is 51.0 Å². The maximum Gasteiger partial charge on any atom is 0.302 e. The van der Waals surface area contributed by atoms with Gasteiger partial charge >= 0.3 is 5.97 Å². The van der Waals surface area contributed by atoms with Crippen LogP contribution in [-0.2, 0) is 26.0 Å². The van der Waals surface area contributed by atoms with Gasteiger partial charge in [-0.3, -0.25) is 4.79 Å². The Kier molecular flexibility index (Phi) is 5.90. The minimum absolute atomic E-state index is 0.0137. The van der Waals surface area contributed by atoms with Crippen molar-refractivity contribution < 1.29 is 27.1 Å². The Balaban J connectivity index is 1.84. The number of aromatic nitrogens is 1. The van der Waals surface area contributed by atoms with Gasteiger partial charge < -0.3 is 9.47 Å². The lowest BCUT2D eigenvalue weighted by Gasteiger charge is -2.18. The molecular formula is C24H24FNO5S. The highest BCUT2D eigenvalue weighted by Crippen LogP contribution is 2.46. The van der Waals surface area contributed by atoms with Crippen LogP contribution in [0.15, 0.2) is 41.4 Å². The van der Waals surface area contributed by atoms with Gasteiger partial charge in [-0.2, -0.15) is 0 Å². The smallest absolute Gasteiger partial charge is 0.302 e. The first-order chi connectivity index (χ1) is 15.2. The highest BCUT2D eigenvalue weighted by molar-refractivity contribution is 7.91. The van der Waals surface area contributed by atoms with Crippen molar-refractivity contribution in [1.82, 2.24) is 4.98 Å². The summed E-state index contributed by atoms with van der Waals surface area (Å²) in [5, 5.41) is 1.29. The molecule has 168 valence electrons. The minimum atomic E-state index is -3.40. The Morgan fingerprint density at radius 2 is 1.97 bits per heavy atom. The number of fused-ring (bicyclic) bond motifs is 1. The Bertz CT molecular complexity index is 1320. The number of hydrogen-bond acceptors (Lipinski definition) is 6. The monoisotopic (exact) mass is 457 g/mol. The molecule has 8 heteroatoms. The first-order valence-corrected chi connectivity index (χ1v) is 12.1. The molecule has 0 bridgehead atoms. The van der Waals surface area contributed by atoms with Crippen molar-refractivity contribution >= 4 is 26.6 Å². The molecule has 1 aliphatic carbocycles. The van der Waals surface area contributed by atoms with E-state index in [1.54, 1.807) is 19.1 Å². The summed E-state index contributed by atoms with van der Waals surface area (Å²) in [6.45, 7) is 4.79. The van der Waals surface area contributed by atoms with E-state index in [2.05, 4.69) is 4.98 Å². The van der Waals surface area contributed by atoms with E-state index in [-0.39, 0.29) is 23.2 Å². The predicted molar refractivity (Wildman–Crippen MR) is 118 cm³/mol. The topological polar surface area (TPSA) is 82.6 Å². The summed E-state index contributed by atoms with van der Waals surface area (Å²) in [5.41, 5.74) is 2.15. The molecule has 1 aliphatic rings. The summed E-state index contributed by atoms with van der Waals surface area (Å²) in [7, 11) is -3.40. The van der Waals surface area contributed by atoms with Crippen LogP contribution in [0.2, 0.25) is 0 Å². The first-order valence-electron chi connectivity index (χ1n) is 10.4. The zero-order valence-electron chi connectivity index (χ0n) is 18.1. The quantitative estimate of drug-likeness (QED) is 0.453. The Labute approximate surface area is 186 Å². The van der Waals surface area contributed by atoms with Crippen LogP contribution in [0.4, 0.5) is 4.39 Å². The lowest BCUT2D eigenvalue weighted by Crippen LogP contribution is -2.07. The highest BCUT2D eigenvalue weighted by Gasteiger charge is 2.30. The molecule has 2 aromatic carbocycles. The van der Waals surface area contributed by atoms with Crippen LogP contribution < -0.4 is 4.74 Å². The lowest BCUT2D eigenvalue weighted by atomic mass is 10.0. The number of pyridine rings is 1. The van der Waals surface area contributed by atoms with Crippen LogP contribution >= 0.6 is 0 Å². The maximum absolute atomic E-state index is 14.1. The molecule has 0 atom stereocenters. The maximum atomic E-state index is 14.1. The second-order valence-electron chi connectivity index (χ2n) is 7.98. The van der Waals surface area contributed by atoms with Crippen LogP contribution in [0.1, 0.15) is 49.3 Å². The normalized spacial score (nSPS) is 13.9. The SMILES string of the molecule is CCS(=O)(=O)c1cnc(Oc2c(C)c(COC(C)=O)cc3ccc(F)cc23)c(C2CC2)c1.